The van der Waals surface area contributed by atoms with Crippen molar-refractivity contribution in [2.24, 2.45) is 0 Å². The van der Waals surface area contributed by atoms with Crippen LogP contribution in [0.3, 0.4) is 0 Å². The van der Waals surface area contributed by atoms with Gasteiger partial charge in [-0.1, -0.05) is 36.0 Å². The van der Waals surface area contributed by atoms with Crippen molar-refractivity contribution in [3.63, 3.8) is 0 Å². The van der Waals surface area contributed by atoms with Crippen LogP contribution in [-0.4, -0.2) is 22.2 Å². The standard InChI is InChI=1S/C17H18N2OS/c1-12-11-14-7-3-4-8-15(14)19(12)17(20)13(2)21-16-9-5-6-10-18-16/h3-10,12-13H,11H2,1-2H3/t12-,13-/m0/s1. The molecule has 2 heterocycles. The van der Waals surface area contributed by atoms with Crippen LogP contribution in [0.15, 0.2) is 53.7 Å². The van der Waals surface area contributed by atoms with Gasteiger partial charge in [-0.25, -0.2) is 4.98 Å². The van der Waals surface area contributed by atoms with E-state index in [0.29, 0.717) is 0 Å². The summed E-state index contributed by atoms with van der Waals surface area (Å²) in [6, 6.07) is 14.2. The summed E-state index contributed by atoms with van der Waals surface area (Å²) in [6.07, 6.45) is 2.69. The zero-order chi connectivity index (χ0) is 14.8. The predicted molar refractivity (Wildman–Crippen MR) is 86.7 cm³/mol. The van der Waals surface area contributed by atoms with Crippen molar-refractivity contribution in [3.8, 4) is 0 Å². The van der Waals surface area contributed by atoms with Crippen molar-refractivity contribution in [1.82, 2.24) is 4.98 Å². The number of amides is 1. The minimum absolute atomic E-state index is 0.145. The zero-order valence-corrected chi connectivity index (χ0v) is 13.0. The first-order chi connectivity index (χ1) is 10.2. The number of anilines is 1. The Bertz CT molecular complexity index is 644. The molecule has 3 rings (SSSR count). The Kier molecular flexibility index (Phi) is 3.97. The molecular formula is C17H18N2OS. The van der Waals surface area contributed by atoms with E-state index in [1.165, 1.54) is 17.3 Å². The molecule has 4 heteroatoms. The van der Waals surface area contributed by atoms with Gasteiger partial charge in [-0.15, -0.1) is 0 Å². The molecule has 1 aromatic heterocycles. The molecule has 1 aliphatic heterocycles. The van der Waals surface area contributed by atoms with E-state index in [2.05, 4.69) is 18.0 Å². The molecule has 108 valence electrons. The van der Waals surface area contributed by atoms with Crippen molar-refractivity contribution >= 4 is 23.4 Å². The first kappa shape index (κ1) is 14.1. The minimum atomic E-state index is -0.145. The highest BCUT2D eigenvalue weighted by molar-refractivity contribution is 8.00. The smallest absolute Gasteiger partial charge is 0.240 e. The van der Waals surface area contributed by atoms with Crippen molar-refractivity contribution in [1.29, 1.82) is 0 Å². The lowest BCUT2D eigenvalue weighted by atomic mass is 10.1. The molecule has 0 bridgehead atoms. The van der Waals surface area contributed by atoms with Crippen LogP contribution >= 0.6 is 11.8 Å². The minimum Gasteiger partial charge on any atom is -0.308 e. The second-order valence-electron chi connectivity index (χ2n) is 5.32. The fourth-order valence-corrected chi connectivity index (χ4v) is 3.60. The lowest BCUT2D eigenvalue weighted by Gasteiger charge is -2.25. The Morgan fingerprint density at radius 2 is 2.05 bits per heavy atom. The van der Waals surface area contributed by atoms with Crippen LogP contribution in [0.2, 0.25) is 0 Å². The molecule has 1 aromatic carbocycles. The average molecular weight is 298 g/mol. The normalized spacial score (nSPS) is 18.4. The third-order valence-corrected chi connectivity index (χ3v) is 4.77. The highest BCUT2D eigenvalue weighted by Crippen LogP contribution is 2.34. The van der Waals surface area contributed by atoms with Crippen LogP contribution < -0.4 is 4.90 Å². The summed E-state index contributed by atoms with van der Waals surface area (Å²) in [5.74, 6) is 0.156. The number of pyridine rings is 1. The maximum atomic E-state index is 12.8. The fraction of sp³-hybridized carbons (Fsp3) is 0.294. The van der Waals surface area contributed by atoms with Crippen LogP contribution in [0.4, 0.5) is 5.69 Å². The molecular weight excluding hydrogens is 280 g/mol. The highest BCUT2D eigenvalue weighted by Gasteiger charge is 2.33. The van der Waals surface area contributed by atoms with E-state index < -0.39 is 0 Å². The Hall–Kier alpha value is -1.81. The van der Waals surface area contributed by atoms with E-state index in [1.807, 2.05) is 48.2 Å². The van der Waals surface area contributed by atoms with Crippen LogP contribution in [-0.2, 0) is 11.2 Å². The van der Waals surface area contributed by atoms with Gasteiger partial charge in [-0.3, -0.25) is 4.79 Å². The fourth-order valence-electron chi connectivity index (χ4n) is 2.75. The summed E-state index contributed by atoms with van der Waals surface area (Å²) in [5.41, 5.74) is 2.32. The van der Waals surface area contributed by atoms with Crippen LogP contribution in [0, 0.1) is 0 Å². The second kappa shape index (κ2) is 5.90. The van der Waals surface area contributed by atoms with Crippen LogP contribution in [0.1, 0.15) is 19.4 Å². The molecule has 1 aliphatic rings. The molecule has 0 N–H and O–H groups in total. The SMILES string of the molecule is C[C@H](Sc1ccccn1)C(=O)N1c2ccccc2C[C@@H]1C. The summed E-state index contributed by atoms with van der Waals surface area (Å²) in [6.45, 7) is 4.06. The Morgan fingerprint density at radius 3 is 2.81 bits per heavy atom. The van der Waals surface area contributed by atoms with Gasteiger partial charge in [0, 0.05) is 17.9 Å². The van der Waals surface area contributed by atoms with Gasteiger partial charge in [0.05, 0.1) is 10.3 Å². The lowest BCUT2D eigenvalue weighted by Crippen LogP contribution is -2.40. The van der Waals surface area contributed by atoms with Crippen LogP contribution in [0.5, 0.6) is 0 Å². The number of fused-ring (bicyclic) bond motifs is 1. The molecule has 3 nitrogen and oxygen atoms in total. The van der Waals surface area contributed by atoms with E-state index in [1.54, 1.807) is 6.20 Å². The maximum Gasteiger partial charge on any atom is 0.240 e. The van der Waals surface area contributed by atoms with E-state index in [9.17, 15) is 4.79 Å². The number of rotatable bonds is 3. The van der Waals surface area contributed by atoms with E-state index in [4.69, 9.17) is 0 Å². The average Bonchev–Trinajstić information content (AvgIpc) is 2.83. The third-order valence-electron chi connectivity index (χ3n) is 3.73. The van der Waals surface area contributed by atoms with Gasteiger partial charge in [-0.2, -0.15) is 0 Å². The number of hydrogen-bond donors (Lipinski definition) is 0. The van der Waals surface area contributed by atoms with Crippen molar-refractivity contribution < 1.29 is 4.79 Å². The summed E-state index contributed by atoms with van der Waals surface area (Å²) < 4.78 is 0. The number of carbonyl (C=O) groups is 1. The number of nitrogens with zero attached hydrogens (tertiary/aromatic N) is 2. The monoisotopic (exact) mass is 298 g/mol. The van der Waals surface area contributed by atoms with Gasteiger partial charge in [-0.05, 0) is 44.0 Å². The van der Waals surface area contributed by atoms with Gasteiger partial charge in [0.15, 0.2) is 0 Å². The third kappa shape index (κ3) is 2.81. The van der Waals surface area contributed by atoms with Gasteiger partial charge >= 0.3 is 0 Å². The van der Waals surface area contributed by atoms with Crippen LogP contribution in [0.25, 0.3) is 0 Å². The summed E-state index contributed by atoms with van der Waals surface area (Å²) >= 11 is 1.51. The lowest BCUT2D eigenvalue weighted by molar-refractivity contribution is -0.118. The molecule has 2 atom stereocenters. The Labute approximate surface area is 129 Å². The number of thioether (sulfide) groups is 1. The molecule has 21 heavy (non-hydrogen) atoms. The molecule has 0 aliphatic carbocycles. The predicted octanol–water partition coefficient (Wildman–Crippen LogP) is 3.54. The molecule has 0 spiro atoms. The Morgan fingerprint density at radius 1 is 1.29 bits per heavy atom. The van der Waals surface area contributed by atoms with E-state index in [0.717, 1.165) is 17.1 Å². The van der Waals surface area contributed by atoms with Crippen molar-refractivity contribution in [2.45, 2.75) is 36.6 Å². The van der Waals surface area contributed by atoms with E-state index >= 15 is 0 Å². The maximum absolute atomic E-state index is 12.8. The molecule has 0 unspecified atom stereocenters. The van der Waals surface area contributed by atoms with Crippen molar-refractivity contribution in [2.75, 3.05) is 4.90 Å². The first-order valence-corrected chi connectivity index (χ1v) is 8.03. The largest absolute Gasteiger partial charge is 0.308 e. The highest BCUT2D eigenvalue weighted by atomic mass is 32.2. The van der Waals surface area contributed by atoms with Gasteiger partial charge in [0.2, 0.25) is 5.91 Å². The molecule has 0 saturated carbocycles. The molecule has 0 saturated heterocycles. The van der Waals surface area contributed by atoms with E-state index in [-0.39, 0.29) is 17.2 Å². The molecule has 1 amide bonds. The van der Waals surface area contributed by atoms with Gasteiger partial charge < -0.3 is 4.90 Å². The topological polar surface area (TPSA) is 33.2 Å². The molecule has 2 aromatic rings. The number of hydrogen-bond acceptors (Lipinski definition) is 3. The zero-order valence-electron chi connectivity index (χ0n) is 12.2. The molecule has 0 radical (unpaired) electrons. The Balaban J connectivity index is 1.79. The summed E-state index contributed by atoms with van der Waals surface area (Å²) in [5, 5.41) is 0.743. The van der Waals surface area contributed by atoms with Gasteiger partial charge in [0.25, 0.3) is 0 Å². The summed E-state index contributed by atoms with van der Waals surface area (Å²) in [7, 11) is 0. The second-order valence-corrected chi connectivity index (χ2v) is 6.68. The molecule has 0 fully saturated rings. The summed E-state index contributed by atoms with van der Waals surface area (Å²) in [4.78, 5) is 19.0. The number of benzene rings is 1. The number of carbonyl (C=O) groups excluding carboxylic acids is 1. The quantitative estimate of drug-likeness (QED) is 0.813. The van der Waals surface area contributed by atoms with Gasteiger partial charge in [0.1, 0.15) is 0 Å². The number of aromatic nitrogens is 1. The first-order valence-electron chi connectivity index (χ1n) is 7.15. The number of para-hydroxylation sites is 1. The van der Waals surface area contributed by atoms with Crippen molar-refractivity contribution in [3.05, 3.63) is 54.2 Å².